The van der Waals surface area contributed by atoms with Crippen molar-refractivity contribution in [3.8, 4) is 5.75 Å². The van der Waals surface area contributed by atoms with Gasteiger partial charge >= 0.3 is 12.6 Å². The zero-order chi connectivity index (χ0) is 20.1. The van der Waals surface area contributed by atoms with E-state index in [9.17, 15) is 13.6 Å². The molecule has 2 N–H and O–H groups in total. The topological polar surface area (TPSA) is 59.6 Å². The molecule has 0 saturated carbocycles. The zero-order valence-electron chi connectivity index (χ0n) is 14.7. The lowest BCUT2D eigenvalue weighted by Gasteiger charge is -2.35. The Morgan fingerprint density at radius 3 is 2.54 bits per heavy atom. The van der Waals surface area contributed by atoms with E-state index in [2.05, 4.69) is 21.9 Å². The maximum atomic E-state index is 12.8. The molecule has 0 aromatic heterocycles. The van der Waals surface area contributed by atoms with Crippen LogP contribution in [0.2, 0.25) is 0 Å². The third kappa shape index (κ3) is 4.64. The van der Waals surface area contributed by atoms with E-state index in [0.29, 0.717) is 11.3 Å². The zero-order valence-corrected chi connectivity index (χ0v) is 15.5. The molecule has 28 heavy (non-hydrogen) atoms. The monoisotopic (exact) mass is 404 g/mol. The van der Waals surface area contributed by atoms with E-state index >= 15 is 0 Å². The van der Waals surface area contributed by atoms with Gasteiger partial charge in [0.25, 0.3) is 0 Å². The molecule has 1 fully saturated rings. The second-order valence-corrected chi connectivity index (χ2v) is 6.50. The second kappa shape index (κ2) is 8.79. The van der Waals surface area contributed by atoms with E-state index in [0.717, 1.165) is 5.56 Å². The number of halogens is 2. The molecule has 2 aromatic rings. The van der Waals surface area contributed by atoms with Gasteiger partial charge in [-0.25, -0.2) is 0 Å². The van der Waals surface area contributed by atoms with Crippen molar-refractivity contribution >= 4 is 23.3 Å². The number of rotatable bonds is 6. The number of esters is 1. The van der Waals surface area contributed by atoms with Crippen molar-refractivity contribution in [1.29, 1.82) is 0 Å². The van der Waals surface area contributed by atoms with Crippen molar-refractivity contribution in [2.45, 2.75) is 19.3 Å². The normalized spacial score (nSPS) is 19.0. The van der Waals surface area contributed by atoms with Gasteiger partial charge in [0, 0.05) is 11.3 Å². The van der Waals surface area contributed by atoms with E-state index in [4.69, 9.17) is 17.0 Å². The van der Waals surface area contributed by atoms with Gasteiger partial charge in [-0.05, 0) is 23.8 Å². The number of benzene rings is 2. The molecule has 1 aliphatic rings. The third-order valence-corrected chi connectivity index (χ3v) is 4.44. The van der Waals surface area contributed by atoms with E-state index < -0.39 is 24.5 Å². The molecule has 0 aliphatic carbocycles. The maximum Gasteiger partial charge on any atom is 0.387 e. The number of hydrogen-bond acceptors (Lipinski definition) is 4. The minimum absolute atomic E-state index is 0.0478. The predicted octanol–water partition coefficient (Wildman–Crippen LogP) is 3.68. The highest BCUT2D eigenvalue weighted by molar-refractivity contribution is 7.80. The Bertz CT molecular complexity index is 877. The van der Waals surface area contributed by atoms with Gasteiger partial charge in [-0.2, -0.15) is 8.78 Å². The highest BCUT2D eigenvalue weighted by atomic mass is 32.1. The van der Waals surface area contributed by atoms with Crippen molar-refractivity contribution in [3.63, 3.8) is 0 Å². The van der Waals surface area contributed by atoms with Crippen LogP contribution in [0.1, 0.15) is 17.2 Å². The molecule has 0 spiro atoms. The molecule has 0 unspecified atom stereocenters. The lowest BCUT2D eigenvalue weighted by Crippen LogP contribution is -2.51. The number of nitrogens with one attached hydrogen (secondary N) is 2. The summed E-state index contributed by atoms with van der Waals surface area (Å²) < 4.78 is 35.6. The number of thiocarbonyl (C=S) groups is 1. The van der Waals surface area contributed by atoms with Crippen LogP contribution >= 0.6 is 12.2 Å². The van der Waals surface area contributed by atoms with Gasteiger partial charge in [0.15, 0.2) is 5.11 Å². The molecule has 1 saturated heterocycles. The summed E-state index contributed by atoms with van der Waals surface area (Å²) in [5.41, 5.74) is 1.50. The van der Waals surface area contributed by atoms with E-state index in [1.165, 1.54) is 6.07 Å². The first-order valence-corrected chi connectivity index (χ1v) is 8.87. The van der Waals surface area contributed by atoms with Crippen LogP contribution in [-0.4, -0.2) is 17.7 Å². The lowest BCUT2D eigenvalue weighted by molar-refractivity contribution is -0.149. The van der Waals surface area contributed by atoms with Crippen molar-refractivity contribution < 1.29 is 23.0 Å². The molecular formula is C20H18F2N2O3S. The van der Waals surface area contributed by atoms with Crippen LogP contribution in [-0.2, 0) is 16.1 Å². The summed E-state index contributed by atoms with van der Waals surface area (Å²) in [7, 11) is 0. The van der Waals surface area contributed by atoms with Crippen LogP contribution < -0.4 is 15.4 Å². The molecule has 0 bridgehead atoms. The summed E-state index contributed by atoms with van der Waals surface area (Å²) in [4.78, 5) is 12.8. The van der Waals surface area contributed by atoms with Crippen LogP contribution in [0.15, 0.2) is 66.9 Å². The standard InChI is InChI=1S/C20H18F2N2O3S/c1-12-16(18(25)26-11-13-7-3-2-4-8-13)17(24-20(28)23-12)14-9-5-6-10-15(14)27-19(21)22/h2-10,16-17,19H,1,11H2,(H2,23,24,28)/t16-,17+/m1/s1. The Hall–Kier alpha value is -3.00. The summed E-state index contributed by atoms with van der Waals surface area (Å²) in [6.07, 6.45) is 0. The number of carbonyl (C=O) groups is 1. The third-order valence-electron chi connectivity index (χ3n) is 4.22. The maximum absolute atomic E-state index is 12.8. The Morgan fingerprint density at radius 2 is 1.82 bits per heavy atom. The van der Waals surface area contributed by atoms with Crippen molar-refractivity contribution in [3.05, 3.63) is 78.0 Å². The summed E-state index contributed by atoms with van der Waals surface area (Å²) in [5, 5.41) is 5.97. The van der Waals surface area contributed by atoms with Crippen molar-refractivity contribution in [2.75, 3.05) is 0 Å². The van der Waals surface area contributed by atoms with Crippen LogP contribution in [0.25, 0.3) is 0 Å². The first-order valence-electron chi connectivity index (χ1n) is 8.46. The lowest BCUT2D eigenvalue weighted by atomic mass is 9.88. The largest absolute Gasteiger partial charge is 0.460 e. The SMILES string of the molecule is C=C1NC(=S)N[C@@H](c2ccccc2OC(F)F)[C@@H]1C(=O)OCc1ccccc1. The Kier molecular flexibility index (Phi) is 6.20. The van der Waals surface area contributed by atoms with Gasteiger partial charge in [-0.15, -0.1) is 0 Å². The number of carbonyl (C=O) groups excluding carboxylic acids is 1. The van der Waals surface area contributed by atoms with Gasteiger partial charge in [-0.1, -0.05) is 55.1 Å². The van der Waals surface area contributed by atoms with E-state index in [1.54, 1.807) is 18.2 Å². The first-order chi connectivity index (χ1) is 13.5. The molecule has 0 radical (unpaired) electrons. The van der Waals surface area contributed by atoms with Gasteiger partial charge in [0.05, 0.1) is 6.04 Å². The predicted molar refractivity (Wildman–Crippen MR) is 104 cm³/mol. The molecule has 0 amide bonds. The van der Waals surface area contributed by atoms with Crippen molar-refractivity contribution in [2.24, 2.45) is 5.92 Å². The molecule has 5 nitrogen and oxygen atoms in total. The molecule has 3 rings (SSSR count). The Balaban J connectivity index is 1.86. The van der Waals surface area contributed by atoms with Crippen LogP contribution in [0.5, 0.6) is 5.75 Å². The Morgan fingerprint density at radius 1 is 1.14 bits per heavy atom. The van der Waals surface area contributed by atoms with E-state index in [-0.39, 0.29) is 17.5 Å². The number of ether oxygens (including phenoxy) is 2. The molecule has 8 heteroatoms. The fourth-order valence-electron chi connectivity index (χ4n) is 2.98. The molecule has 1 heterocycles. The second-order valence-electron chi connectivity index (χ2n) is 6.09. The number of hydrogen-bond donors (Lipinski definition) is 2. The summed E-state index contributed by atoms with van der Waals surface area (Å²) in [6, 6.07) is 14.7. The highest BCUT2D eigenvalue weighted by Gasteiger charge is 2.39. The van der Waals surface area contributed by atoms with Gasteiger partial charge in [0.1, 0.15) is 18.3 Å². The average molecular weight is 404 g/mol. The van der Waals surface area contributed by atoms with E-state index in [1.807, 2.05) is 30.3 Å². The molecule has 1 aliphatic heterocycles. The first kappa shape index (κ1) is 19.8. The number of para-hydroxylation sites is 1. The van der Waals surface area contributed by atoms with Crippen LogP contribution in [0, 0.1) is 5.92 Å². The minimum Gasteiger partial charge on any atom is -0.460 e. The molecular weight excluding hydrogens is 386 g/mol. The fraction of sp³-hybridized carbons (Fsp3) is 0.200. The van der Waals surface area contributed by atoms with Crippen LogP contribution in [0.3, 0.4) is 0 Å². The summed E-state index contributed by atoms with van der Waals surface area (Å²) in [5.74, 6) is -1.50. The van der Waals surface area contributed by atoms with Crippen LogP contribution in [0.4, 0.5) is 8.78 Å². The quantitative estimate of drug-likeness (QED) is 0.566. The minimum atomic E-state index is -3.00. The summed E-state index contributed by atoms with van der Waals surface area (Å²) in [6.45, 7) is 0.941. The average Bonchev–Trinajstić information content (AvgIpc) is 2.66. The fourth-order valence-corrected chi connectivity index (χ4v) is 3.24. The van der Waals surface area contributed by atoms with Crippen molar-refractivity contribution in [1.82, 2.24) is 10.6 Å². The molecule has 146 valence electrons. The van der Waals surface area contributed by atoms with Gasteiger partial charge in [-0.3, -0.25) is 4.79 Å². The summed E-state index contributed by atoms with van der Waals surface area (Å²) >= 11 is 5.15. The van der Waals surface area contributed by atoms with Gasteiger partial charge in [0.2, 0.25) is 0 Å². The molecule has 2 aromatic carbocycles. The number of alkyl halides is 2. The molecule has 2 atom stereocenters. The highest BCUT2D eigenvalue weighted by Crippen LogP contribution is 2.36. The smallest absolute Gasteiger partial charge is 0.387 e. The van der Waals surface area contributed by atoms with Gasteiger partial charge < -0.3 is 20.1 Å². The Labute approximate surface area is 166 Å².